The number of nitrogens with zero attached hydrogens (tertiary/aromatic N) is 2. The lowest BCUT2D eigenvalue weighted by Gasteiger charge is -2.34. The molecule has 0 saturated carbocycles. The summed E-state index contributed by atoms with van der Waals surface area (Å²) in [7, 11) is -4.28. The molecule has 4 rings (SSSR count). The van der Waals surface area contributed by atoms with E-state index in [1.807, 2.05) is 44.2 Å². The van der Waals surface area contributed by atoms with Crippen LogP contribution in [0, 0.1) is 11.7 Å². The normalized spacial score (nSPS) is 12.0. The van der Waals surface area contributed by atoms with Crippen LogP contribution in [0.15, 0.2) is 108 Å². The summed E-state index contributed by atoms with van der Waals surface area (Å²) in [6, 6.07) is 25.8. The van der Waals surface area contributed by atoms with Crippen LogP contribution in [-0.4, -0.2) is 44.3 Å². The molecule has 0 aliphatic heterocycles. The fraction of sp³-hybridized carbons (Fsp3) is 0.235. The predicted molar refractivity (Wildman–Crippen MR) is 176 cm³/mol. The minimum atomic E-state index is -4.28. The fourth-order valence-electron chi connectivity index (χ4n) is 4.65. The van der Waals surface area contributed by atoms with Crippen LogP contribution < -0.4 is 9.62 Å². The first-order valence-corrected chi connectivity index (χ1v) is 16.5. The highest BCUT2D eigenvalue weighted by Crippen LogP contribution is 2.31. The van der Waals surface area contributed by atoms with Gasteiger partial charge in [0.25, 0.3) is 10.0 Å². The predicted octanol–water partition coefficient (Wildman–Crippen LogP) is 6.74. The van der Waals surface area contributed by atoms with Gasteiger partial charge in [-0.25, -0.2) is 12.8 Å². The smallest absolute Gasteiger partial charge is 0.264 e. The van der Waals surface area contributed by atoms with E-state index in [0.717, 1.165) is 9.87 Å². The van der Waals surface area contributed by atoms with Gasteiger partial charge in [0.05, 0.1) is 20.6 Å². The highest BCUT2D eigenvalue weighted by molar-refractivity contribution is 7.92. The first kappa shape index (κ1) is 34.0. The van der Waals surface area contributed by atoms with Crippen LogP contribution in [0.2, 0.25) is 10.0 Å². The maximum Gasteiger partial charge on any atom is 0.264 e. The number of carbonyl (C=O) groups is 2. The van der Waals surface area contributed by atoms with Gasteiger partial charge in [-0.3, -0.25) is 13.9 Å². The lowest BCUT2D eigenvalue weighted by Crippen LogP contribution is -2.53. The van der Waals surface area contributed by atoms with Gasteiger partial charge in [0.15, 0.2) is 0 Å². The Morgan fingerprint density at radius 1 is 0.822 bits per heavy atom. The second-order valence-corrected chi connectivity index (χ2v) is 13.6. The Kier molecular flexibility index (Phi) is 11.6. The second-order valence-electron chi connectivity index (χ2n) is 10.9. The minimum absolute atomic E-state index is 0.0375. The van der Waals surface area contributed by atoms with Crippen LogP contribution in [0.3, 0.4) is 0 Å². The lowest BCUT2D eigenvalue weighted by atomic mass is 10.0. The van der Waals surface area contributed by atoms with Gasteiger partial charge in [-0.05, 0) is 59.5 Å². The zero-order valence-electron chi connectivity index (χ0n) is 24.9. The zero-order valence-corrected chi connectivity index (χ0v) is 27.2. The van der Waals surface area contributed by atoms with E-state index in [1.54, 1.807) is 18.2 Å². The monoisotopic (exact) mass is 669 g/mol. The average Bonchev–Trinajstić information content (AvgIpc) is 3.03. The molecular weight excluding hydrogens is 636 g/mol. The molecule has 0 spiro atoms. The summed E-state index contributed by atoms with van der Waals surface area (Å²) in [5.74, 6) is -1.35. The Morgan fingerprint density at radius 3 is 2.04 bits per heavy atom. The van der Waals surface area contributed by atoms with Crippen LogP contribution in [0.5, 0.6) is 0 Å². The van der Waals surface area contributed by atoms with Gasteiger partial charge >= 0.3 is 0 Å². The largest absolute Gasteiger partial charge is 0.354 e. The number of anilines is 1. The molecule has 7 nitrogen and oxygen atoms in total. The Labute approximate surface area is 273 Å². The summed E-state index contributed by atoms with van der Waals surface area (Å²) < 4.78 is 42.8. The second kappa shape index (κ2) is 15.4. The van der Waals surface area contributed by atoms with E-state index >= 15 is 0 Å². The summed E-state index contributed by atoms with van der Waals surface area (Å²) >= 11 is 12.4. The van der Waals surface area contributed by atoms with Gasteiger partial charge in [0, 0.05) is 19.5 Å². The molecule has 0 aliphatic carbocycles. The molecule has 4 aromatic carbocycles. The van der Waals surface area contributed by atoms with Crippen LogP contribution in [0.25, 0.3) is 0 Å². The third-order valence-electron chi connectivity index (χ3n) is 7.02. The van der Waals surface area contributed by atoms with Gasteiger partial charge in [-0.1, -0.05) is 97.7 Å². The molecule has 0 radical (unpaired) electrons. The van der Waals surface area contributed by atoms with E-state index < -0.39 is 40.2 Å². The summed E-state index contributed by atoms with van der Waals surface area (Å²) in [5.41, 5.74) is 1.48. The highest BCUT2D eigenvalue weighted by Gasteiger charge is 2.34. The quantitative estimate of drug-likeness (QED) is 0.171. The molecule has 2 amide bonds. The molecule has 1 atom stereocenters. The molecule has 0 heterocycles. The number of amides is 2. The molecular formula is C34H34Cl2FN3O4S. The van der Waals surface area contributed by atoms with E-state index in [4.69, 9.17) is 23.2 Å². The van der Waals surface area contributed by atoms with E-state index in [9.17, 15) is 22.4 Å². The number of benzene rings is 4. The summed E-state index contributed by atoms with van der Waals surface area (Å²) in [6.07, 6.45) is 0.163. The molecule has 0 unspecified atom stereocenters. The third kappa shape index (κ3) is 9.06. The van der Waals surface area contributed by atoms with Crippen molar-refractivity contribution in [3.8, 4) is 0 Å². The third-order valence-corrected chi connectivity index (χ3v) is 9.55. The Hall–Kier alpha value is -3.92. The van der Waals surface area contributed by atoms with Gasteiger partial charge in [0.2, 0.25) is 11.8 Å². The van der Waals surface area contributed by atoms with E-state index in [0.29, 0.717) is 12.1 Å². The van der Waals surface area contributed by atoms with Gasteiger partial charge in [-0.2, -0.15) is 0 Å². The topological polar surface area (TPSA) is 86.8 Å². The Morgan fingerprint density at radius 2 is 1.44 bits per heavy atom. The number of sulfonamides is 1. The van der Waals surface area contributed by atoms with Crippen molar-refractivity contribution in [2.24, 2.45) is 5.92 Å². The maximum atomic E-state index is 14.4. The SMILES string of the molecule is CC(C)CNC(=O)[C@@H](Cc1ccccc1)N(Cc1ccc(F)cc1)C(=O)CN(c1ccc(Cl)c(Cl)c1)S(=O)(=O)c1ccccc1. The number of nitrogens with one attached hydrogen (secondary N) is 1. The fourth-order valence-corrected chi connectivity index (χ4v) is 6.37. The minimum Gasteiger partial charge on any atom is -0.354 e. The van der Waals surface area contributed by atoms with Crippen molar-refractivity contribution in [1.29, 1.82) is 0 Å². The molecule has 0 fully saturated rings. The van der Waals surface area contributed by atoms with Gasteiger partial charge in [-0.15, -0.1) is 0 Å². The molecule has 236 valence electrons. The number of rotatable bonds is 13. The first-order valence-electron chi connectivity index (χ1n) is 14.3. The number of carbonyl (C=O) groups excluding carboxylic acids is 2. The van der Waals surface area contributed by atoms with Crippen molar-refractivity contribution in [2.75, 3.05) is 17.4 Å². The molecule has 11 heteroatoms. The van der Waals surface area contributed by atoms with Crippen molar-refractivity contribution in [1.82, 2.24) is 10.2 Å². The number of halogens is 3. The summed E-state index contributed by atoms with van der Waals surface area (Å²) in [5, 5.41) is 3.25. The van der Waals surface area contributed by atoms with Crippen LogP contribution >= 0.6 is 23.2 Å². The molecule has 0 bridgehead atoms. The van der Waals surface area contributed by atoms with E-state index in [-0.39, 0.29) is 39.5 Å². The van der Waals surface area contributed by atoms with Crippen molar-refractivity contribution >= 4 is 50.7 Å². The lowest BCUT2D eigenvalue weighted by molar-refractivity contribution is -0.140. The Balaban J connectivity index is 1.80. The molecule has 1 N–H and O–H groups in total. The maximum absolute atomic E-state index is 14.4. The van der Waals surface area contributed by atoms with Crippen LogP contribution in [-0.2, 0) is 32.6 Å². The van der Waals surface area contributed by atoms with Gasteiger partial charge in [0.1, 0.15) is 18.4 Å². The zero-order chi connectivity index (χ0) is 32.6. The first-order chi connectivity index (χ1) is 21.5. The molecule has 0 aromatic heterocycles. The molecule has 0 saturated heterocycles. The average molecular weight is 671 g/mol. The van der Waals surface area contributed by atoms with Crippen molar-refractivity contribution in [3.63, 3.8) is 0 Å². The van der Waals surface area contributed by atoms with Gasteiger partial charge < -0.3 is 10.2 Å². The Bertz CT molecular complexity index is 1710. The number of hydrogen-bond acceptors (Lipinski definition) is 4. The molecule has 45 heavy (non-hydrogen) atoms. The number of hydrogen-bond donors (Lipinski definition) is 1. The van der Waals surface area contributed by atoms with E-state index in [2.05, 4.69) is 5.32 Å². The molecule has 0 aliphatic rings. The standard InChI is InChI=1S/C34H34Cl2FN3O4S/c1-24(2)21-38-34(42)32(19-25-9-5-3-6-10-25)39(22-26-13-15-27(37)16-14-26)33(41)23-40(28-17-18-30(35)31(36)20-28)45(43,44)29-11-7-4-8-12-29/h3-18,20,24,32H,19,21-23H2,1-2H3,(H,38,42)/t32-/m1/s1. The van der Waals surface area contributed by atoms with Crippen LogP contribution in [0.4, 0.5) is 10.1 Å². The van der Waals surface area contributed by atoms with Crippen LogP contribution in [0.1, 0.15) is 25.0 Å². The van der Waals surface area contributed by atoms with Crippen molar-refractivity contribution in [2.45, 2.75) is 37.8 Å². The van der Waals surface area contributed by atoms with Crippen molar-refractivity contribution in [3.05, 3.63) is 130 Å². The molecule has 4 aromatic rings. The van der Waals surface area contributed by atoms with E-state index in [1.165, 1.54) is 59.5 Å². The summed E-state index contributed by atoms with van der Waals surface area (Å²) in [4.78, 5) is 29.5. The van der Waals surface area contributed by atoms with Crippen molar-refractivity contribution < 1.29 is 22.4 Å². The highest BCUT2D eigenvalue weighted by atomic mass is 35.5. The summed E-state index contributed by atoms with van der Waals surface area (Å²) in [6.45, 7) is 3.56.